The molecule has 26 heavy (non-hydrogen) atoms. The Hall–Kier alpha value is -2.25. The highest BCUT2D eigenvalue weighted by Crippen LogP contribution is 2.29. The molecule has 2 fully saturated rings. The molecular formula is C18H27N3O5. The summed E-state index contributed by atoms with van der Waals surface area (Å²) in [5, 5.41) is 0. The monoisotopic (exact) mass is 365 g/mol. The van der Waals surface area contributed by atoms with Crippen LogP contribution in [0.3, 0.4) is 0 Å². The van der Waals surface area contributed by atoms with Crippen LogP contribution in [-0.2, 0) is 14.3 Å². The molecule has 0 saturated carbocycles. The van der Waals surface area contributed by atoms with Crippen molar-refractivity contribution in [3.63, 3.8) is 0 Å². The van der Waals surface area contributed by atoms with Crippen LogP contribution in [0.25, 0.3) is 0 Å². The summed E-state index contributed by atoms with van der Waals surface area (Å²) in [6.07, 6.45) is 2.54. The Balaban J connectivity index is 1.58. The second-order valence-electron chi connectivity index (χ2n) is 8.10. The number of piperidine rings is 1. The lowest BCUT2D eigenvalue weighted by molar-refractivity contribution is -0.135. The summed E-state index contributed by atoms with van der Waals surface area (Å²) in [5.41, 5.74) is 0.115. The highest BCUT2D eigenvalue weighted by molar-refractivity contribution is 5.88. The Morgan fingerprint density at radius 2 is 1.88 bits per heavy atom. The molecule has 0 aliphatic carbocycles. The van der Waals surface area contributed by atoms with E-state index in [-0.39, 0.29) is 30.8 Å². The number of esters is 1. The molecule has 8 nitrogen and oxygen atoms in total. The largest absolute Gasteiger partial charge is 0.456 e. The van der Waals surface area contributed by atoms with Gasteiger partial charge in [0.2, 0.25) is 0 Å². The highest BCUT2D eigenvalue weighted by Gasteiger charge is 2.42. The van der Waals surface area contributed by atoms with Crippen molar-refractivity contribution in [2.45, 2.75) is 58.2 Å². The first-order chi connectivity index (χ1) is 12.2. The summed E-state index contributed by atoms with van der Waals surface area (Å²) in [6.45, 7) is 9.43. The molecule has 144 valence electrons. The quantitative estimate of drug-likeness (QED) is 0.699. The number of amides is 3. The van der Waals surface area contributed by atoms with Crippen LogP contribution in [0, 0.1) is 0 Å². The summed E-state index contributed by atoms with van der Waals surface area (Å²) in [5.74, 6) is -0.399. The Labute approximate surface area is 153 Å². The van der Waals surface area contributed by atoms with Crippen LogP contribution < -0.4 is 0 Å². The number of nitrogens with zero attached hydrogens (tertiary/aromatic N) is 3. The molecule has 3 amide bonds. The van der Waals surface area contributed by atoms with Gasteiger partial charge in [-0.2, -0.15) is 0 Å². The Morgan fingerprint density at radius 3 is 2.42 bits per heavy atom. The average molecular weight is 365 g/mol. The lowest BCUT2D eigenvalue weighted by atomic mass is 10.0. The molecule has 0 radical (unpaired) electrons. The van der Waals surface area contributed by atoms with Crippen molar-refractivity contribution in [2.75, 3.05) is 26.2 Å². The van der Waals surface area contributed by atoms with Crippen LogP contribution >= 0.6 is 0 Å². The van der Waals surface area contributed by atoms with Gasteiger partial charge in [0.25, 0.3) is 0 Å². The second-order valence-corrected chi connectivity index (χ2v) is 8.10. The number of rotatable bonds is 2. The maximum absolute atomic E-state index is 12.9. The average Bonchev–Trinajstić information content (AvgIpc) is 3.09. The minimum Gasteiger partial charge on any atom is -0.456 e. The molecule has 1 unspecified atom stereocenters. The van der Waals surface area contributed by atoms with E-state index in [1.54, 1.807) is 9.80 Å². The van der Waals surface area contributed by atoms with Crippen molar-refractivity contribution in [3.8, 4) is 0 Å². The highest BCUT2D eigenvalue weighted by atomic mass is 16.6. The smallest absolute Gasteiger partial charge is 0.410 e. The molecule has 3 heterocycles. The third-order valence-corrected chi connectivity index (χ3v) is 4.87. The van der Waals surface area contributed by atoms with Gasteiger partial charge in [0.05, 0.1) is 11.7 Å². The number of urea groups is 1. The van der Waals surface area contributed by atoms with Crippen molar-refractivity contribution in [1.29, 1.82) is 0 Å². The van der Waals surface area contributed by atoms with E-state index in [9.17, 15) is 14.4 Å². The molecule has 3 aliphatic heterocycles. The zero-order valence-electron chi connectivity index (χ0n) is 15.9. The van der Waals surface area contributed by atoms with Crippen LogP contribution in [0.4, 0.5) is 9.59 Å². The molecule has 1 atom stereocenters. The fourth-order valence-corrected chi connectivity index (χ4v) is 3.67. The molecule has 0 aromatic heterocycles. The van der Waals surface area contributed by atoms with Gasteiger partial charge < -0.3 is 19.3 Å². The minimum atomic E-state index is -0.511. The first-order valence-corrected chi connectivity index (χ1v) is 9.11. The number of cyclic esters (lactones) is 1. The molecule has 0 spiro atoms. The van der Waals surface area contributed by atoms with Gasteiger partial charge in [-0.15, -0.1) is 0 Å². The summed E-state index contributed by atoms with van der Waals surface area (Å²) < 4.78 is 10.3. The fraction of sp³-hybridized carbons (Fsp3) is 0.722. The maximum atomic E-state index is 12.9. The molecule has 3 rings (SSSR count). The molecule has 0 N–H and O–H groups in total. The van der Waals surface area contributed by atoms with Crippen molar-refractivity contribution >= 4 is 18.1 Å². The van der Waals surface area contributed by atoms with Gasteiger partial charge in [-0.3, -0.25) is 4.90 Å². The Kier molecular flexibility index (Phi) is 4.86. The first-order valence-electron chi connectivity index (χ1n) is 9.11. The third kappa shape index (κ3) is 3.78. The predicted octanol–water partition coefficient (Wildman–Crippen LogP) is 1.95. The maximum Gasteiger partial charge on any atom is 0.410 e. The Bertz CT molecular complexity index is 631. The predicted molar refractivity (Wildman–Crippen MR) is 93.3 cm³/mol. The van der Waals surface area contributed by atoms with E-state index in [1.807, 2.05) is 32.6 Å². The van der Waals surface area contributed by atoms with Gasteiger partial charge in [-0.1, -0.05) is 0 Å². The summed E-state index contributed by atoms with van der Waals surface area (Å²) in [7, 11) is 0. The molecule has 3 aliphatic rings. The normalized spacial score (nSPS) is 24.8. The fourth-order valence-electron chi connectivity index (χ4n) is 3.67. The molecule has 0 bridgehead atoms. The van der Waals surface area contributed by atoms with Gasteiger partial charge in [0.15, 0.2) is 0 Å². The number of hydrogen-bond acceptors (Lipinski definition) is 5. The number of likely N-dealkylation sites (tertiary alicyclic amines) is 1. The first kappa shape index (κ1) is 18.5. The molecule has 2 saturated heterocycles. The van der Waals surface area contributed by atoms with Crippen molar-refractivity contribution in [1.82, 2.24) is 14.7 Å². The van der Waals surface area contributed by atoms with Crippen LogP contribution in [0.15, 0.2) is 11.8 Å². The van der Waals surface area contributed by atoms with Crippen molar-refractivity contribution in [3.05, 3.63) is 11.8 Å². The van der Waals surface area contributed by atoms with E-state index in [2.05, 4.69) is 0 Å². The molecular weight excluding hydrogens is 338 g/mol. The van der Waals surface area contributed by atoms with Crippen molar-refractivity contribution in [2.24, 2.45) is 0 Å². The Morgan fingerprint density at radius 1 is 1.23 bits per heavy atom. The zero-order valence-corrected chi connectivity index (χ0v) is 15.9. The van der Waals surface area contributed by atoms with Gasteiger partial charge in [-0.05, 0) is 40.5 Å². The zero-order chi connectivity index (χ0) is 19.1. The molecule has 0 aromatic rings. The topological polar surface area (TPSA) is 79.4 Å². The lowest BCUT2D eigenvalue weighted by Gasteiger charge is -2.37. The minimum absolute atomic E-state index is 0.00728. The van der Waals surface area contributed by atoms with Crippen LogP contribution in [0.5, 0.6) is 0 Å². The van der Waals surface area contributed by atoms with Gasteiger partial charge in [0.1, 0.15) is 12.2 Å². The summed E-state index contributed by atoms with van der Waals surface area (Å²) >= 11 is 0. The van der Waals surface area contributed by atoms with E-state index >= 15 is 0 Å². The third-order valence-electron chi connectivity index (χ3n) is 4.87. The standard InChI is InChI=1S/C18H27N3O5/c1-12-10-20(16(23)21(12)14-9-15(22)25-11-14)13-5-7-19(8-6-13)17(24)26-18(2,3)4/h9,12-13H,5-8,10-11H2,1-4H3. The second kappa shape index (κ2) is 6.81. The number of carbonyl (C=O) groups excluding carboxylic acids is 3. The van der Waals surface area contributed by atoms with Gasteiger partial charge in [-0.25, -0.2) is 14.4 Å². The van der Waals surface area contributed by atoms with Crippen LogP contribution in [0.2, 0.25) is 0 Å². The van der Waals surface area contributed by atoms with E-state index < -0.39 is 11.6 Å². The lowest BCUT2D eigenvalue weighted by Crippen LogP contribution is -2.49. The van der Waals surface area contributed by atoms with Crippen LogP contribution in [0.1, 0.15) is 40.5 Å². The number of hydrogen-bond donors (Lipinski definition) is 0. The summed E-state index contributed by atoms with van der Waals surface area (Å²) in [4.78, 5) is 41.6. The molecule has 8 heteroatoms. The van der Waals surface area contributed by atoms with E-state index in [0.29, 0.717) is 25.3 Å². The van der Waals surface area contributed by atoms with Crippen LogP contribution in [-0.4, -0.2) is 76.7 Å². The number of carbonyl (C=O) groups is 3. The SMILES string of the molecule is CC1CN(C2CCN(C(=O)OC(C)(C)C)CC2)C(=O)N1C1=CC(=O)OC1. The van der Waals surface area contributed by atoms with E-state index in [4.69, 9.17) is 9.47 Å². The van der Waals surface area contributed by atoms with E-state index in [0.717, 1.165) is 12.8 Å². The van der Waals surface area contributed by atoms with Crippen molar-refractivity contribution < 1.29 is 23.9 Å². The van der Waals surface area contributed by atoms with Gasteiger partial charge in [0, 0.05) is 31.8 Å². The molecule has 0 aromatic carbocycles. The van der Waals surface area contributed by atoms with Gasteiger partial charge >= 0.3 is 18.1 Å². The summed E-state index contributed by atoms with van der Waals surface area (Å²) in [6, 6.07) is -0.00263. The number of ether oxygens (including phenoxy) is 2. The van der Waals surface area contributed by atoms with E-state index in [1.165, 1.54) is 6.08 Å².